The Morgan fingerprint density at radius 2 is 2.14 bits per heavy atom. The fourth-order valence-corrected chi connectivity index (χ4v) is 2.68. The van der Waals surface area contributed by atoms with Gasteiger partial charge < -0.3 is 5.73 Å². The summed E-state index contributed by atoms with van der Waals surface area (Å²) in [5.41, 5.74) is 10.8. The Hall–Kier alpha value is -1.09. The molecule has 2 N–H and O–H groups in total. The zero-order valence-electron chi connectivity index (χ0n) is 8.72. The largest absolute Gasteiger partial charge is 0.375 e. The van der Waals surface area contributed by atoms with Gasteiger partial charge in [0.15, 0.2) is 5.13 Å². The third kappa shape index (κ3) is 1.28. The lowest BCUT2D eigenvalue weighted by Gasteiger charge is -2.06. The lowest BCUT2D eigenvalue weighted by atomic mass is 10.0. The lowest BCUT2D eigenvalue weighted by Crippen LogP contribution is -1.92. The number of aromatic nitrogens is 1. The Bertz CT molecular complexity index is 485. The minimum absolute atomic E-state index is 0.666. The molecule has 0 bridgehead atoms. The summed E-state index contributed by atoms with van der Waals surface area (Å²) in [5.74, 6) is 0. The average Bonchev–Trinajstić information content (AvgIpc) is 2.47. The fraction of sp³-hybridized carbons (Fsp3) is 0.364. The molecule has 1 heterocycles. The van der Waals surface area contributed by atoms with E-state index in [0.717, 1.165) is 11.9 Å². The summed E-state index contributed by atoms with van der Waals surface area (Å²) in [6, 6.07) is 2.18. The first-order chi connectivity index (χ1) is 6.63. The van der Waals surface area contributed by atoms with Gasteiger partial charge in [0.05, 0.1) is 10.2 Å². The number of benzene rings is 1. The monoisotopic (exact) mass is 206 g/mol. The summed E-state index contributed by atoms with van der Waals surface area (Å²) in [5, 5.41) is 0.666. The van der Waals surface area contributed by atoms with Gasteiger partial charge in [-0.05, 0) is 43.0 Å². The molecular weight excluding hydrogens is 192 g/mol. The van der Waals surface area contributed by atoms with Crippen molar-refractivity contribution in [3.63, 3.8) is 0 Å². The van der Waals surface area contributed by atoms with Crippen molar-refractivity contribution in [1.29, 1.82) is 0 Å². The zero-order chi connectivity index (χ0) is 10.3. The van der Waals surface area contributed by atoms with Gasteiger partial charge in [0.25, 0.3) is 0 Å². The number of anilines is 1. The summed E-state index contributed by atoms with van der Waals surface area (Å²) in [6.45, 7) is 6.46. The third-order valence-corrected chi connectivity index (χ3v) is 3.53. The fourth-order valence-electron chi connectivity index (χ4n) is 1.82. The van der Waals surface area contributed by atoms with Crippen molar-refractivity contribution in [2.45, 2.75) is 27.2 Å². The topological polar surface area (TPSA) is 38.9 Å². The van der Waals surface area contributed by atoms with Crippen LogP contribution in [-0.2, 0) is 6.42 Å². The SMILES string of the molecule is CCc1c(C)c(C)cc2sc(N)nc12. The van der Waals surface area contributed by atoms with E-state index in [1.807, 2.05) is 0 Å². The van der Waals surface area contributed by atoms with Gasteiger partial charge in [0, 0.05) is 0 Å². The van der Waals surface area contributed by atoms with E-state index in [-0.39, 0.29) is 0 Å². The van der Waals surface area contributed by atoms with Crippen molar-refractivity contribution < 1.29 is 0 Å². The van der Waals surface area contributed by atoms with E-state index >= 15 is 0 Å². The van der Waals surface area contributed by atoms with E-state index < -0.39 is 0 Å². The molecule has 1 aromatic carbocycles. The second-order valence-electron chi connectivity index (χ2n) is 3.55. The molecular formula is C11H14N2S. The molecule has 0 aliphatic rings. The van der Waals surface area contributed by atoms with Crippen molar-refractivity contribution in [2.24, 2.45) is 0 Å². The molecule has 2 aromatic rings. The number of rotatable bonds is 1. The van der Waals surface area contributed by atoms with Gasteiger partial charge in [0.1, 0.15) is 0 Å². The Labute approximate surface area is 87.8 Å². The van der Waals surface area contributed by atoms with Crippen LogP contribution >= 0.6 is 11.3 Å². The zero-order valence-corrected chi connectivity index (χ0v) is 9.53. The predicted molar refractivity (Wildman–Crippen MR) is 62.9 cm³/mol. The number of hydrogen-bond acceptors (Lipinski definition) is 3. The highest BCUT2D eigenvalue weighted by molar-refractivity contribution is 7.22. The molecule has 2 nitrogen and oxygen atoms in total. The lowest BCUT2D eigenvalue weighted by molar-refractivity contribution is 1.11. The van der Waals surface area contributed by atoms with Crippen LogP contribution in [0.3, 0.4) is 0 Å². The number of fused-ring (bicyclic) bond motifs is 1. The van der Waals surface area contributed by atoms with E-state index in [0.29, 0.717) is 5.13 Å². The Balaban J connectivity index is 2.87. The van der Waals surface area contributed by atoms with Gasteiger partial charge in [0.2, 0.25) is 0 Å². The summed E-state index contributed by atoms with van der Waals surface area (Å²) in [6.07, 6.45) is 1.02. The highest BCUT2D eigenvalue weighted by Crippen LogP contribution is 2.30. The van der Waals surface area contributed by atoms with E-state index in [2.05, 4.69) is 31.8 Å². The standard InChI is InChI=1S/C11H14N2S/c1-4-8-7(3)6(2)5-9-10(8)13-11(12)14-9/h5H,4H2,1-3H3,(H2,12,13). The quantitative estimate of drug-likeness (QED) is 0.778. The molecule has 0 saturated heterocycles. The molecule has 0 radical (unpaired) electrons. The number of thiazole rings is 1. The average molecular weight is 206 g/mol. The Kier molecular flexibility index (Phi) is 2.19. The number of nitrogens with two attached hydrogens (primary N) is 1. The molecule has 0 atom stereocenters. The van der Waals surface area contributed by atoms with Crippen LogP contribution in [0.25, 0.3) is 10.2 Å². The van der Waals surface area contributed by atoms with E-state index in [9.17, 15) is 0 Å². The number of nitrogens with zero attached hydrogens (tertiary/aromatic N) is 1. The Morgan fingerprint density at radius 1 is 1.43 bits per heavy atom. The summed E-state index contributed by atoms with van der Waals surface area (Å²) in [4.78, 5) is 4.38. The first-order valence-electron chi connectivity index (χ1n) is 4.78. The van der Waals surface area contributed by atoms with Crippen LogP contribution in [0.4, 0.5) is 5.13 Å². The molecule has 0 unspecified atom stereocenters. The molecule has 0 fully saturated rings. The third-order valence-electron chi connectivity index (χ3n) is 2.70. The summed E-state index contributed by atoms with van der Waals surface area (Å²) >= 11 is 1.57. The first-order valence-corrected chi connectivity index (χ1v) is 5.60. The molecule has 0 saturated carbocycles. The van der Waals surface area contributed by atoms with E-state index in [1.165, 1.54) is 21.4 Å². The highest BCUT2D eigenvalue weighted by Gasteiger charge is 2.10. The maximum Gasteiger partial charge on any atom is 0.181 e. The molecule has 0 spiro atoms. The van der Waals surface area contributed by atoms with E-state index in [4.69, 9.17) is 5.73 Å². The van der Waals surface area contributed by atoms with Gasteiger partial charge in [-0.1, -0.05) is 18.3 Å². The smallest absolute Gasteiger partial charge is 0.181 e. The molecule has 74 valence electrons. The van der Waals surface area contributed by atoms with Crippen molar-refractivity contribution in [2.75, 3.05) is 5.73 Å². The minimum atomic E-state index is 0.666. The first kappa shape index (κ1) is 9.46. The van der Waals surface area contributed by atoms with Crippen molar-refractivity contribution in [3.8, 4) is 0 Å². The van der Waals surface area contributed by atoms with Crippen LogP contribution < -0.4 is 5.73 Å². The molecule has 0 amide bonds. The van der Waals surface area contributed by atoms with Crippen LogP contribution in [0.1, 0.15) is 23.6 Å². The van der Waals surface area contributed by atoms with Crippen LogP contribution in [0, 0.1) is 13.8 Å². The summed E-state index contributed by atoms with van der Waals surface area (Å²) < 4.78 is 1.21. The van der Waals surface area contributed by atoms with Crippen LogP contribution in [-0.4, -0.2) is 4.98 Å². The van der Waals surface area contributed by atoms with Gasteiger partial charge in [-0.25, -0.2) is 4.98 Å². The van der Waals surface area contributed by atoms with Crippen molar-refractivity contribution in [3.05, 3.63) is 22.8 Å². The highest BCUT2D eigenvalue weighted by atomic mass is 32.1. The van der Waals surface area contributed by atoms with Crippen molar-refractivity contribution >= 4 is 26.7 Å². The van der Waals surface area contributed by atoms with E-state index in [1.54, 1.807) is 11.3 Å². The normalized spacial score (nSPS) is 11.1. The van der Waals surface area contributed by atoms with Crippen LogP contribution in [0.5, 0.6) is 0 Å². The second-order valence-corrected chi connectivity index (χ2v) is 4.61. The maximum atomic E-state index is 5.72. The Morgan fingerprint density at radius 3 is 2.79 bits per heavy atom. The number of nitrogen functional groups attached to an aromatic ring is 1. The molecule has 0 aliphatic heterocycles. The van der Waals surface area contributed by atoms with Gasteiger partial charge >= 0.3 is 0 Å². The molecule has 3 heteroatoms. The number of hydrogen-bond donors (Lipinski definition) is 1. The molecule has 2 rings (SSSR count). The van der Waals surface area contributed by atoms with Gasteiger partial charge in [-0.3, -0.25) is 0 Å². The predicted octanol–water partition coefficient (Wildman–Crippen LogP) is 3.06. The molecule has 14 heavy (non-hydrogen) atoms. The molecule has 1 aromatic heterocycles. The summed E-state index contributed by atoms with van der Waals surface area (Å²) in [7, 11) is 0. The maximum absolute atomic E-state index is 5.72. The van der Waals surface area contributed by atoms with Crippen LogP contribution in [0.15, 0.2) is 6.07 Å². The molecule has 0 aliphatic carbocycles. The minimum Gasteiger partial charge on any atom is -0.375 e. The second kappa shape index (κ2) is 3.24. The van der Waals surface area contributed by atoms with Crippen molar-refractivity contribution in [1.82, 2.24) is 4.98 Å². The van der Waals surface area contributed by atoms with Gasteiger partial charge in [-0.2, -0.15) is 0 Å². The van der Waals surface area contributed by atoms with Gasteiger partial charge in [-0.15, -0.1) is 0 Å². The number of aryl methyl sites for hydroxylation is 2. The van der Waals surface area contributed by atoms with Crippen LogP contribution in [0.2, 0.25) is 0 Å².